The van der Waals surface area contributed by atoms with E-state index in [1.165, 1.54) is 0 Å². The maximum atomic E-state index is 11.6. The summed E-state index contributed by atoms with van der Waals surface area (Å²) in [6.07, 6.45) is 3.65. The van der Waals surface area contributed by atoms with Crippen LogP contribution in [0.3, 0.4) is 0 Å². The summed E-state index contributed by atoms with van der Waals surface area (Å²) in [5, 5.41) is 9.54. The van der Waals surface area contributed by atoms with E-state index in [0.29, 0.717) is 45.6 Å². The van der Waals surface area contributed by atoms with Gasteiger partial charge in [0.05, 0.1) is 5.41 Å². The second kappa shape index (κ2) is 5.10. The number of nitrogens with zero attached hydrogens (tertiary/aromatic N) is 1. The first-order valence-electron chi connectivity index (χ1n) is 6.32. The molecule has 2 aliphatic rings. The summed E-state index contributed by atoms with van der Waals surface area (Å²) < 4.78 is 5.27. The number of rotatable bonds is 2. The molecule has 2 aliphatic heterocycles. The first-order valence-corrected chi connectivity index (χ1v) is 6.32. The molecule has 0 aliphatic carbocycles. The number of carboxylic acid groups (broad SMARTS) is 1. The quantitative estimate of drug-likeness (QED) is 0.747. The fourth-order valence-corrected chi connectivity index (χ4v) is 2.78. The molecule has 2 rings (SSSR count). The van der Waals surface area contributed by atoms with Gasteiger partial charge in [0, 0.05) is 33.2 Å². The molecule has 5 heteroatoms. The molecule has 0 radical (unpaired) electrons. The van der Waals surface area contributed by atoms with Crippen molar-refractivity contribution < 1.29 is 19.4 Å². The normalized spacial score (nSPS) is 23.4. The number of aliphatic carboxylic acids is 1. The van der Waals surface area contributed by atoms with Crippen molar-refractivity contribution >= 4 is 11.9 Å². The molecule has 1 saturated heterocycles. The largest absolute Gasteiger partial charge is 0.481 e. The lowest BCUT2D eigenvalue weighted by Crippen LogP contribution is -2.43. The predicted molar refractivity (Wildman–Crippen MR) is 65.1 cm³/mol. The van der Waals surface area contributed by atoms with Gasteiger partial charge in [0.1, 0.15) is 0 Å². The third kappa shape index (κ3) is 2.27. The molecule has 100 valence electrons. The van der Waals surface area contributed by atoms with Gasteiger partial charge in [-0.1, -0.05) is 11.6 Å². The predicted octanol–water partition coefficient (Wildman–Crippen LogP) is 1.05. The lowest BCUT2D eigenvalue weighted by atomic mass is 9.71. The monoisotopic (exact) mass is 253 g/mol. The Balaban J connectivity index is 2.18. The molecule has 0 bridgehead atoms. The van der Waals surface area contributed by atoms with Crippen LogP contribution in [0.4, 0.5) is 0 Å². The van der Waals surface area contributed by atoms with E-state index in [9.17, 15) is 14.7 Å². The summed E-state index contributed by atoms with van der Waals surface area (Å²) in [6, 6.07) is 0. The maximum Gasteiger partial charge on any atom is 0.313 e. The third-order valence-corrected chi connectivity index (χ3v) is 4.02. The molecule has 0 aromatic carbocycles. The Morgan fingerprint density at radius 1 is 1.39 bits per heavy atom. The highest BCUT2D eigenvalue weighted by molar-refractivity contribution is 5.79. The van der Waals surface area contributed by atoms with Crippen LogP contribution in [0, 0.1) is 5.41 Å². The fraction of sp³-hybridized carbons (Fsp3) is 0.692. The molecular weight excluding hydrogens is 234 g/mol. The summed E-state index contributed by atoms with van der Waals surface area (Å²) in [7, 11) is 0. The molecule has 0 atom stereocenters. The molecule has 5 nitrogen and oxygen atoms in total. The SMILES string of the molecule is CC(=O)N1CC=C(C2(C(=O)O)CCOCC2)CC1. The minimum Gasteiger partial charge on any atom is -0.481 e. The van der Waals surface area contributed by atoms with Gasteiger partial charge in [-0.2, -0.15) is 0 Å². The van der Waals surface area contributed by atoms with Crippen molar-refractivity contribution in [2.45, 2.75) is 26.2 Å². The van der Waals surface area contributed by atoms with Crippen molar-refractivity contribution in [2.24, 2.45) is 5.41 Å². The first-order chi connectivity index (χ1) is 8.56. The van der Waals surface area contributed by atoms with Crippen LogP contribution in [-0.4, -0.2) is 48.2 Å². The second-order valence-electron chi connectivity index (χ2n) is 4.94. The van der Waals surface area contributed by atoms with Gasteiger partial charge < -0.3 is 14.7 Å². The maximum absolute atomic E-state index is 11.6. The van der Waals surface area contributed by atoms with Crippen LogP contribution in [0.25, 0.3) is 0 Å². The molecule has 0 spiro atoms. The van der Waals surface area contributed by atoms with Gasteiger partial charge in [-0.15, -0.1) is 0 Å². The molecule has 0 saturated carbocycles. The van der Waals surface area contributed by atoms with Crippen molar-refractivity contribution in [3.63, 3.8) is 0 Å². The number of ether oxygens (including phenoxy) is 1. The van der Waals surface area contributed by atoms with E-state index in [1.807, 2.05) is 6.08 Å². The number of carboxylic acids is 1. The molecule has 1 amide bonds. The van der Waals surface area contributed by atoms with Gasteiger partial charge in [-0.25, -0.2) is 0 Å². The Morgan fingerprint density at radius 3 is 2.50 bits per heavy atom. The molecule has 0 aromatic rings. The summed E-state index contributed by atoms with van der Waals surface area (Å²) in [5.41, 5.74) is 0.206. The van der Waals surface area contributed by atoms with Crippen molar-refractivity contribution in [3.8, 4) is 0 Å². The van der Waals surface area contributed by atoms with Gasteiger partial charge in [-0.05, 0) is 19.3 Å². The Labute approximate surface area is 106 Å². The lowest BCUT2D eigenvalue weighted by molar-refractivity contribution is -0.151. The van der Waals surface area contributed by atoms with Crippen LogP contribution in [-0.2, 0) is 14.3 Å². The number of hydrogen-bond acceptors (Lipinski definition) is 3. The highest BCUT2D eigenvalue weighted by Gasteiger charge is 2.43. The highest BCUT2D eigenvalue weighted by Crippen LogP contribution is 2.41. The zero-order valence-electron chi connectivity index (χ0n) is 10.6. The van der Waals surface area contributed by atoms with Crippen LogP contribution < -0.4 is 0 Å². The lowest BCUT2D eigenvalue weighted by Gasteiger charge is -2.38. The Kier molecular flexibility index (Phi) is 3.71. The van der Waals surface area contributed by atoms with Crippen LogP contribution >= 0.6 is 0 Å². The summed E-state index contributed by atoms with van der Waals surface area (Å²) >= 11 is 0. The van der Waals surface area contributed by atoms with Crippen LogP contribution in [0.15, 0.2) is 11.6 Å². The summed E-state index contributed by atoms with van der Waals surface area (Å²) in [4.78, 5) is 24.6. The minimum absolute atomic E-state index is 0.0432. The Morgan fingerprint density at radius 2 is 2.06 bits per heavy atom. The highest BCUT2D eigenvalue weighted by atomic mass is 16.5. The average Bonchev–Trinajstić information content (AvgIpc) is 2.39. The van der Waals surface area contributed by atoms with E-state index in [2.05, 4.69) is 0 Å². The van der Waals surface area contributed by atoms with Crippen molar-refractivity contribution in [1.82, 2.24) is 4.90 Å². The van der Waals surface area contributed by atoms with Crippen LogP contribution in [0.5, 0.6) is 0 Å². The van der Waals surface area contributed by atoms with E-state index in [-0.39, 0.29) is 5.91 Å². The fourth-order valence-electron chi connectivity index (χ4n) is 2.78. The zero-order valence-corrected chi connectivity index (χ0v) is 10.6. The Hall–Kier alpha value is -1.36. The summed E-state index contributed by atoms with van der Waals surface area (Å²) in [5.74, 6) is -0.713. The van der Waals surface area contributed by atoms with Crippen molar-refractivity contribution in [1.29, 1.82) is 0 Å². The van der Waals surface area contributed by atoms with Crippen molar-refractivity contribution in [2.75, 3.05) is 26.3 Å². The topological polar surface area (TPSA) is 66.8 Å². The average molecular weight is 253 g/mol. The van der Waals surface area contributed by atoms with Crippen LogP contribution in [0.2, 0.25) is 0 Å². The second-order valence-corrected chi connectivity index (χ2v) is 4.94. The van der Waals surface area contributed by atoms with Gasteiger partial charge in [0.15, 0.2) is 0 Å². The number of hydrogen-bond donors (Lipinski definition) is 1. The standard InChI is InChI=1S/C13H19NO4/c1-10(15)14-6-2-11(3-7-14)13(12(16)17)4-8-18-9-5-13/h2H,3-9H2,1H3,(H,16,17). The van der Waals surface area contributed by atoms with Gasteiger partial charge in [-0.3, -0.25) is 9.59 Å². The summed E-state index contributed by atoms with van der Waals surface area (Å²) in [6.45, 7) is 3.69. The molecule has 0 aromatic heterocycles. The smallest absolute Gasteiger partial charge is 0.313 e. The third-order valence-electron chi connectivity index (χ3n) is 4.02. The van der Waals surface area contributed by atoms with E-state index >= 15 is 0 Å². The molecule has 0 unspecified atom stereocenters. The van der Waals surface area contributed by atoms with E-state index < -0.39 is 11.4 Å². The Bertz CT molecular complexity index is 382. The van der Waals surface area contributed by atoms with Crippen LogP contribution in [0.1, 0.15) is 26.2 Å². The number of amides is 1. The molecule has 1 N–H and O–H groups in total. The number of carbonyl (C=O) groups excluding carboxylic acids is 1. The first kappa shape index (κ1) is 13.1. The van der Waals surface area contributed by atoms with E-state index in [0.717, 1.165) is 5.57 Å². The number of carbonyl (C=O) groups is 2. The molecular formula is C13H19NO4. The van der Waals surface area contributed by atoms with Gasteiger partial charge in [0.2, 0.25) is 5.91 Å². The van der Waals surface area contributed by atoms with E-state index in [1.54, 1.807) is 11.8 Å². The van der Waals surface area contributed by atoms with Crippen molar-refractivity contribution in [3.05, 3.63) is 11.6 Å². The van der Waals surface area contributed by atoms with Gasteiger partial charge in [0.25, 0.3) is 0 Å². The molecule has 1 fully saturated rings. The molecule has 2 heterocycles. The van der Waals surface area contributed by atoms with Gasteiger partial charge >= 0.3 is 5.97 Å². The molecule has 18 heavy (non-hydrogen) atoms. The van der Waals surface area contributed by atoms with E-state index in [4.69, 9.17) is 4.74 Å². The minimum atomic E-state index is -0.763. The zero-order chi connectivity index (χ0) is 13.2.